The number of para-hydroxylation sites is 1. The van der Waals surface area contributed by atoms with Gasteiger partial charge in [0, 0.05) is 18.8 Å². The topological polar surface area (TPSA) is 49.4 Å². The maximum absolute atomic E-state index is 12.8. The maximum atomic E-state index is 12.8. The van der Waals surface area contributed by atoms with Crippen molar-refractivity contribution in [3.63, 3.8) is 0 Å². The lowest BCUT2D eigenvalue weighted by Gasteiger charge is -2.27. The summed E-state index contributed by atoms with van der Waals surface area (Å²) in [6.07, 6.45) is 3.29. The number of hydrogen-bond acceptors (Lipinski definition) is 3. The van der Waals surface area contributed by atoms with Gasteiger partial charge in [-0.25, -0.2) is 0 Å². The van der Waals surface area contributed by atoms with Gasteiger partial charge in [0.2, 0.25) is 5.91 Å². The zero-order valence-corrected chi connectivity index (χ0v) is 15.6. The number of benzene rings is 2. The smallest absolute Gasteiger partial charge is 0.255 e. The van der Waals surface area contributed by atoms with Crippen LogP contribution < -0.4 is 5.32 Å². The highest BCUT2D eigenvalue weighted by atomic mass is 32.2. The van der Waals surface area contributed by atoms with Crippen molar-refractivity contribution in [3.8, 4) is 0 Å². The lowest BCUT2D eigenvalue weighted by molar-refractivity contribution is -0.113. The fourth-order valence-electron chi connectivity index (χ4n) is 3.07. The van der Waals surface area contributed by atoms with Crippen molar-refractivity contribution in [2.24, 2.45) is 0 Å². The van der Waals surface area contributed by atoms with Crippen LogP contribution in [0.3, 0.4) is 0 Å². The summed E-state index contributed by atoms with van der Waals surface area (Å²) in [4.78, 5) is 27.0. The van der Waals surface area contributed by atoms with E-state index in [0.717, 1.165) is 31.7 Å². The van der Waals surface area contributed by atoms with Crippen LogP contribution in [0.2, 0.25) is 0 Å². The summed E-state index contributed by atoms with van der Waals surface area (Å²) >= 11 is 1.57. The molecule has 1 saturated heterocycles. The number of carbonyl (C=O) groups is 2. The Labute approximate surface area is 159 Å². The summed E-state index contributed by atoms with van der Waals surface area (Å²) in [6.45, 7) is 1.60. The maximum Gasteiger partial charge on any atom is 0.255 e. The molecular formula is C21H24N2O2S. The first-order valence-corrected chi connectivity index (χ1v) is 10.2. The predicted octanol–water partition coefficient (Wildman–Crippen LogP) is 4.18. The van der Waals surface area contributed by atoms with Gasteiger partial charge >= 0.3 is 0 Å². The number of likely N-dealkylation sites (tertiary alicyclic amines) is 1. The minimum Gasteiger partial charge on any atom is -0.339 e. The number of piperidine rings is 1. The van der Waals surface area contributed by atoms with Gasteiger partial charge in [-0.05, 0) is 37.0 Å². The van der Waals surface area contributed by atoms with E-state index in [-0.39, 0.29) is 11.8 Å². The number of anilines is 1. The van der Waals surface area contributed by atoms with Gasteiger partial charge in [-0.15, -0.1) is 11.8 Å². The molecule has 0 bridgehead atoms. The minimum absolute atomic E-state index is 0.0116. The van der Waals surface area contributed by atoms with E-state index in [2.05, 4.69) is 17.4 Å². The third kappa shape index (κ3) is 5.11. The van der Waals surface area contributed by atoms with Gasteiger partial charge in [-0.3, -0.25) is 9.59 Å². The molecule has 0 aliphatic carbocycles. The Morgan fingerprint density at radius 1 is 0.923 bits per heavy atom. The minimum atomic E-state index is -0.0789. The van der Waals surface area contributed by atoms with Crippen molar-refractivity contribution in [2.75, 3.05) is 24.2 Å². The van der Waals surface area contributed by atoms with Gasteiger partial charge in [0.1, 0.15) is 0 Å². The van der Waals surface area contributed by atoms with Crippen LogP contribution in [0.1, 0.15) is 35.2 Å². The number of nitrogens with zero attached hydrogens (tertiary/aromatic N) is 1. The predicted molar refractivity (Wildman–Crippen MR) is 107 cm³/mol. The number of hydrogen-bond donors (Lipinski definition) is 1. The lowest BCUT2D eigenvalue weighted by atomic mass is 10.1. The van der Waals surface area contributed by atoms with Gasteiger partial charge in [0.15, 0.2) is 0 Å². The summed E-state index contributed by atoms with van der Waals surface area (Å²) < 4.78 is 0. The molecule has 1 fully saturated rings. The van der Waals surface area contributed by atoms with Crippen LogP contribution >= 0.6 is 11.8 Å². The van der Waals surface area contributed by atoms with E-state index < -0.39 is 0 Å². The fourth-order valence-corrected chi connectivity index (χ4v) is 3.86. The first-order valence-electron chi connectivity index (χ1n) is 9.04. The van der Waals surface area contributed by atoms with Crippen LogP contribution in [-0.2, 0) is 10.5 Å². The number of carbonyl (C=O) groups excluding carboxylic acids is 2. The van der Waals surface area contributed by atoms with Gasteiger partial charge in [-0.1, -0.05) is 42.5 Å². The van der Waals surface area contributed by atoms with Crippen LogP contribution in [0, 0.1) is 0 Å². The molecule has 1 N–H and O–H groups in total. The van der Waals surface area contributed by atoms with Crippen LogP contribution in [0.25, 0.3) is 0 Å². The van der Waals surface area contributed by atoms with Gasteiger partial charge in [0.05, 0.1) is 17.0 Å². The lowest BCUT2D eigenvalue weighted by Crippen LogP contribution is -2.36. The largest absolute Gasteiger partial charge is 0.339 e. The molecule has 2 aromatic carbocycles. The first-order chi connectivity index (χ1) is 12.7. The summed E-state index contributed by atoms with van der Waals surface area (Å²) in [5.74, 6) is 1.09. The average molecular weight is 369 g/mol. The van der Waals surface area contributed by atoms with Crippen LogP contribution in [0.5, 0.6) is 0 Å². The normalized spacial score (nSPS) is 14.1. The van der Waals surface area contributed by atoms with Crippen molar-refractivity contribution in [3.05, 3.63) is 65.7 Å². The van der Waals surface area contributed by atoms with Crippen molar-refractivity contribution in [1.29, 1.82) is 0 Å². The third-order valence-electron chi connectivity index (χ3n) is 4.42. The molecule has 1 aliphatic rings. The molecule has 2 aromatic rings. The van der Waals surface area contributed by atoms with Crippen LogP contribution in [0.15, 0.2) is 54.6 Å². The Bertz CT molecular complexity index is 743. The van der Waals surface area contributed by atoms with E-state index in [1.54, 1.807) is 23.9 Å². The first kappa shape index (κ1) is 18.5. The fraction of sp³-hybridized carbons (Fsp3) is 0.333. The standard InChI is InChI=1S/C21H24N2O2S/c24-20(16-26-15-17-9-3-1-4-10-17)22-19-12-6-5-11-18(19)21(25)23-13-7-2-8-14-23/h1,3-6,9-12H,2,7-8,13-16H2,(H,22,24). The molecule has 3 rings (SSSR count). The van der Waals surface area contributed by atoms with Crippen LogP contribution in [-0.4, -0.2) is 35.6 Å². The molecule has 0 spiro atoms. The highest BCUT2D eigenvalue weighted by molar-refractivity contribution is 7.99. The number of nitrogens with one attached hydrogen (secondary N) is 1. The molecule has 2 amide bonds. The molecule has 26 heavy (non-hydrogen) atoms. The summed E-state index contributed by atoms with van der Waals surface area (Å²) in [5, 5.41) is 2.91. The molecule has 0 atom stereocenters. The van der Waals surface area contributed by atoms with Gasteiger partial charge in [0.25, 0.3) is 5.91 Å². The number of rotatable bonds is 6. The van der Waals surface area contributed by atoms with Gasteiger partial charge in [-0.2, -0.15) is 0 Å². The highest BCUT2D eigenvalue weighted by Crippen LogP contribution is 2.20. The van der Waals surface area contributed by atoms with E-state index >= 15 is 0 Å². The van der Waals surface area contributed by atoms with E-state index in [9.17, 15) is 9.59 Å². The second-order valence-corrected chi connectivity index (χ2v) is 7.41. The molecule has 5 heteroatoms. The molecule has 0 aromatic heterocycles. The van der Waals surface area contributed by atoms with Crippen molar-refractivity contribution < 1.29 is 9.59 Å². The van der Waals surface area contributed by atoms with Crippen molar-refractivity contribution in [1.82, 2.24) is 4.90 Å². The monoisotopic (exact) mass is 368 g/mol. The zero-order valence-electron chi connectivity index (χ0n) is 14.8. The van der Waals surface area contributed by atoms with Crippen LogP contribution in [0.4, 0.5) is 5.69 Å². The summed E-state index contributed by atoms with van der Waals surface area (Å²) in [5.41, 5.74) is 2.38. The molecule has 4 nitrogen and oxygen atoms in total. The molecule has 0 unspecified atom stereocenters. The third-order valence-corrected chi connectivity index (χ3v) is 5.42. The van der Waals surface area contributed by atoms with Gasteiger partial charge < -0.3 is 10.2 Å². The van der Waals surface area contributed by atoms with E-state index in [4.69, 9.17) is 0 Å². The Hall–Kier alpha value is -2.27. The SMILES string of the molecule is O=C(CSCc1ccccc1)Nc1ccccc1C(=O)N1CCCCC1. The van der Waals surface area contributed by atoms with E-state index in [1.165, 1.54) is 12.0 Å². The molecule has 136 valence electrons. The Morgan fingerprint density at radius 2 is 1.62 bits per heavy atom. The van der Waals surface area contributed by atoms with Crippen molar-refractivity contribution in [2.45, 2.75) is 25.0 Å². The molecule has 0 saturated carbocycles. The second-order valence-electron chi connectivity index (χ2n) is 6.43. The average Bonchev–Trinajstić information content (AvgIpc) is 2.69. The Kier molecular flexibility index (Phi) is 6.72. The molecular weight excluding hydrogens is 344 g/mol. The summed E-state index contributed by atoms with van der Waals surface area (Å²) in [7, 11) is 0. The zero-order chi connectivity index (χ0) is 18.2. The molecule has 1 aliphatic heterocycles. The van der Waals surface area contributed by atoms with E-state index in [0.29, 0.717) is 17.0 Å². The Balaban J connectivity index is 1.57. The quantitative estimate of drug-likeness (QED) is 0.832. The summed E-state index contributed by atoms with van der Waals surface area (Å²) in [6, 6.07) is 17.4. The molecule has 0 radical (unpaired) electrons. The molecule has 1 heterocycles. The van der Waals surface area contributed by atoms with E-state index in [1.807, 2.05) is 35.2 Å². The Morgan fingerprint density at radius 3 is 2.38 bits per heavy atom. The second kappa shape index (κ2) is 9.43. The van der Waals surface area contributed by atoms with Crippen molar-refractivity contribution >= 4 is 29.3 Å². The number of amides is 2. The number of thioether (sulfide) groups is 1. The highest BCUT2D eigenvalue weighted by Gasteiger charge is 2.21.